The highest BCUT2D eigenvalue weighted by molar-refractivity contribution is 9.10. The van der Waals surface area contributed by atoms with E-state index in [4.69, 9.17) is 0 Å². The third-order valence-electron chi connectivity index (χ3n) is 1.26. The van der Waals surface area contributed by atoms with Crippen LogP contribution in [0.15, 0.2) is 16.6 Å². The first kappa shape index (κ1) is 9.00. The summed E-state index contributed by atoms with van der Waals surface area (Å²) >= 11 is 6.76. The van der Waals surface area contributed by atoms with Crippen molar-refractivity contribution >= 4 is 28.6 Å². The molecule has 0 nitrogen and oxygen atoms in total. The number of thiol groups is 1. The summed E-state index contributed by atoms with van der Waals surface area (Å²) in [5, 5.41) is 0. The zero-order chi connectivity index (χ0) is 8.43. The van der Waals surface area contributed by atoms with Gasteiger partial charge in [0.15, 0.2) is 0 Å². The largest absolute Gasteiger partial charge is 0.207 e. The minimum absolute atomic E-state index is 0.0107. The Kier molecular flexibility index (Phi) is 2.90. The van der Waals surface area contributed by atoms with Gasteiger partial charge in [-0.25, -0.2) is 8.78 Å². The first-order chi connectivity index (χ1) is 5.15. The van der Waals surface area contributed by atoms with Gasteiger partial charge >= 0.3 is 0 Å². The second-order valence-electron chi connectivity index (χ2n) is 2.01. The molecule has 0 aliphatic rings. The van der Waals surface area contributed by atoms with Crippen LogP contribution in [0.25, 0.3) is 0 Å². The highest BCUT2D eigenvalue weighted by Crippen LogP contribution is 2.20. The van der Waals surface area contributed by atoms with E-state index in [-0.39, 0.29) is 11.3 Å². The zero-order valence-electron chi connectivity index (χ0n) is 5.44. The van der Waals surface area contributed by atoms with Crippen molar-refractivity contribution in [3.05, 3.63) is 33.8 Å². The van der Waals surface area contributed by atoms with Crippen LogP contribution in [0.4, 0.5) is 8.78 Å². The second kappa shape index (κ2) is 3.54. The van der Waals surface area contributed by atoms with Crippen LogP contribution in [0.2, 0.25) is 0 Å². The van der Waals surface area contributed by atoms with Gasteiger partial charge in [-0.05, 0) is 12.1 Å². The van der Waals surface area contributed by atoms with E-state index in [0.717, 1.165) is 0 Å². The molecule has 0 unspecified atom stereocenters. The molecule has 0 radical (unpaired) electrons. The van der Waals surface area contributed by atoms with Crippen molar-refractivity contribution in [1.82, 2.24) is 0 Å². The van der Waals surface area contributed by atoms with Crippen LogP contribution in [0, 0.1) is 11.6 Å². The van der Waals surface area contributed by atoms with E-state index >= 15 is 0 Å². The molecule has 0 aromatic heterocycles. The van der Waals surface area contributed by atoms with Gasteiger partial charge in [0.2, 0.25) is 0 Å². The Balaban J connectivity index is 3.25. The molecule has 0 fully saturated rings. The summed E-state index contributed by atoms with van der Waals surface area (Å²) in [5.41, 5.74) is 0.0107. The lowest BCUT2D eigenvalue weighted by atomic mass is 10.2. The maximum atomic E-state index is 12.8. The van der Waals surface area contributed by atoms with Crippen molar-refractivity contribution in [3.8, 4) is 0 Å². The van der Waals surface area contributed by atoms with Gasteiger partial charge in [0, 0.05) is 15.8 Å². The Morgan fingerprint density at radius 3 is 2.09 bits per heavy atom. The summed E-state index contributed by atoms with van der Waals surface area (Å²) < 4.78 is 26.0. The van der Waals surface area contributed by atoms with Crippen molar-refractivity contribution in [1.29, 1.82) is 0 Å². The molecule has 1 rings (SSSR count). The summed E-state index contributed by atoms with van der Waals surface area (Å²) in [6, 6.07) is 2.43. The lowest BCUT2D eigenvalue weighted by Crippen LogP contribution is -1.91. The highest BCUT2D eigenvalue weighted by atomic mass is 79.9. The lowest BCUT2D eigenvalue weighted by Gasteiger charge is -2.00. The van der Waals surface area contributed by atoms with Crippen LogP contribution in [0.3, 0.4) is 0 Å². The van der Waals surface area contributed by atoms with Gasteiger partial charge < -0.3 is 0 Å². The summed E-state index contributed by atoms with van der Waals surface area (Å²) in [6.45, 7) is 0. The van der Waals surface area contributed by atoms with Crippen LogP contribution in [0.5, 0.6) is 0 Å². The maximum Gasteiger partial charge on any atom is 0.131 e. The fourth-order valence-electron chi connectivity index (χ4n) is 0.723. The van der Waals surface area contributed by atoms with Gasteiger partial charge in [-0.3, -0.25) is 0 Å². The standard InChI is InChI=1S/C7H5BrF2S/c8-4-1-6(9)5(3-11)7(10)2-4/h1-2,11H,3H2. The number of hydrogen-bond donors (Lipinski definition) is 1. The predicted molar refractivity (Wildman–Crippen MR) is 46.7 cm³/mol. The lowest BCUT2D eigenvalue weighted by molar-refractivity contribution is 0.565. The number of halogens is 3. The Morgan fingerprint density at radius 1 is 1.27 bits per heavy atom. The molecule has 1 aromatic rings. The second-order valence-corrected chi connectivity index (χ2v) is 3.24. The molecule has 1 aromatic carbocycles. The molecule has 0 saturated carbocycles. The molecule has 0 bridgehead atoms. The smallest absolute Gasteiger partial charge is 0.131 e. The van der Waals surface area contributed by atoms with E-state index in [1.807, 2.05) is 0 Å². The molecule has 0 atom stereocenters. The van der Waals surface area contributed by atoms with E-state index in [1.54, 1.807) is 0 Å². The van der Waals surface area contributed by atoms with Gasteiger partial charge in [-0.2, -0.15) is 12.6 Å². The number of benzene rings is 1. The third kappa shape index (κ3) is 1.93. The quantitative estimate of drug-likeness (QED) is 0.715. The third-order valence-corrected chi connectivity index (χ3v) is 2.04. The van der Waals surface area contributed by atoms with Gasteiger partial charge in [-0.1, -0.05) is 15.9 Å². The SMILES string of the molecule is Fc1cc(Br)cc(F)c1CS. The number of rotatable bonds is 1. The molecule has 4 heteroatoms. The zero-order valence-corrected chi connectivity index (χ0v) is 7.92. The molecule has 0 saturated heterocycles. The van der Waals surface area contributed by atoms with E-state index < -0.39 is 11.6 Å². The molecular formula is C7H5BrF2S. The van der Waals surface area contributed by atoms with Gasteiger partial charge in [0.1, 0.15) is 11.6 Å². The number of hydrogen-bond acceptors (Lipinski definition) is 1. The fraction of sp³-hybridized carbons (Fsp3) is 0.143. The van der Waals surface area contributed by atoms with Crippen molar-refractivity contribution in [2.75, 3.05) is 0 Å². The molecule has 0 heterocycles. The Labute approximate surface area is 77.2 Å². The maximum absolute atomic E-state index is 12.8. The van der Waals surface area contributed by atoms with Crippen LogP contribution < -0.4 is 0 Å². The molecule has 11 heavy (non-hydrogen) atoms. The van der Waals surface area contributed by atoms with Gasteiger partial charge in [0.25, 0.3) is 0 Å². The minimum Gasteiger partial charge on any atom is -0.207 e. The molecular weight excluding hydrogens is 234 g/mol. The van der Waals surface area contributed by atoms with Crippen LogP contribution in [-0.4, -0.2) is 0 Å². The molecule has 0 spiro atoms. The summed E-state index contributed by atoms with van der Waals surface area (Å²) in [5.74, 6) is -1.05. The van der Waals surface area contributed by atoms with Crippen molar-refractivity contribution in [2.24, 2.45) is 0 Å². The van der Waals surface area contributed by atoms with Crippen LogP contribution in [0.1, 0.15) is 5.56 Å². The molecule has 0 amide bonds. The summed E-state index contributed by atoms with van der Waals surface area (Å²) in [7, 11) is 0. The van der Waals surface area contributed by atoms with E-state index in [1.165, 1.54) is 12.1 Å². The van der Waals surface area contributed by atoms with E-state index in [2.05, 4.69) is 28.6 Å². The first-order valence-electron chi connectivity index (χ1n) is 2.89. The van der Waals surface area contributed by atoms with E-state index in [9.17, 15) is 8.78 Å². The fourth-order valence-corrected chi connectivity index (χ4v) is 1.43. The monoisotopic (exact) mass is 238 g/mol. The summed E-state index contributed by atoms with van der Waals surface area (Å²) in [4.78, 5) is 0. The molecule has 0 aliphatic carbocycles. The minimum atomic E-state index is -0.563. The van der Waals surface area contributed by atoms with Gasteiger partial charge in [-0.15, -0.1) is 0 Å². The average Bonchev–Trinajstić information content (AvgIpc) is 1.85. The Hall–Kier alpha value is -0.0900. The molecule has 0 aliphatic heterocycles. The van der Waals surface area contributed by atoms with Crippen molar-refractivity contribution in [3.63, 3.8) is 0 Å². The van der Waals surface area contributed by atoms with E-state index in [0.29, 0.717) is 4.47 Å². The predicted octanol–water partition coefficient (Wildman–Crippen LogP) is 3.16. The van der Waals surface area contributed by atoms with Gasteiger partial charge in [0.05, 0.1) is 0 Å². The first-order valence-corrected chi connectivity index (χ1v) is 4.32. The van der Waals surface area contributed by atoms with Crippen LogP contribution >= 0.6 is 28.6 Å². The van der Waals surface area contributed by atoms with Crippen molar-refractivity contribution < 1.29 is 8.78 Å². The normalized spacial score (nSPS) is 10.2. The average molecular weight is 239 g/mol. The van der Waals surface area contributed by atoms with Crippen molar-refractivity contribution in [2.45, 2.75) is 5.75 Å². The van der Waals surface area contributed by atoms with Crippen LogP contribution in [-0.2, 0) is 5.75 Å². The molecule has 0 N–H and O–H groups in total. The Bertz CT molecular complexity index is 252. The Morgan fingerprint density at radius 2 is 1.73 bits per heavy atom. The molecule has 60 valence electrons. The summed E-state index contributed by atoms with van der Waals surface area (Å²) in [6.07, 6.45) is 0. The highest BCUT2D eigenvalue weighted by Gasteiger charge is 2.07. The topological polar surface area (TPSA) is 0 Å².